The van der Waals surface area contributed by atoms with Crippen molar-refractivity contribution < 1.29 is 9.84 Å². The second-order valence-corrected chi connectivity index (χ2v) is 5.17. The predicted molar refractivity (Wildman–Crippen MR) is 83.8 cm³/mol. The van der Waals surface area contributed by atoms with Gasteiger partial charge in [0.05, 0.1) is 12.7 Å². The molecule has 2 atom stereocenters. The minimum Gasteiger partial charge on any atom is -0.463 e. The molecule has 21 heavy (non-hydrogen) atoms. The van der Waals surface area contributed by atoms with Crippen LogP contribution in [0.15, 0.2) is 0 Å². The van der Waals surface area contributed by atoms with E-state index in [2.05, 4.69) is 32.5 Å². The Hall–Kier alpha value is -1.63. The number of aliphatic hydroxyl groups excluding tert-OH is 1. The van der Waals surface area contributed by atoms with Crippen molar-refractivity contribution in [2.45, 2.75) is 59.1 Å². The highest BCUT2D eigenvalue weighted by molar-refractivity contribution is 5.36. The molecule has 7 nitrogen and oxygen atoms in total. The number of rotatable bonds is 10. The summed E-state index contributed by atoms with van der Waals surface area (Å²) in [6, 6.07) is 0.377. The lowest BCUT2D eigenvalue weighted by Crippen LogP contribution is -2.22. The molecular weight excluding hydrogens is 270 g/mol. The van der Waals surface area contributed by atoms with E-state index in [9.17, 15) is 5.11 Å². The summed E-state index contributed by atoms with van der Waals surface area (Å²) in [5.41, 5.74) is 0. The van der Waals surface area contributed by atoms with E-state index in [1.54, 1.807) is 6.92 Å². The van der Waals surface area contributed by atoms with Crippen LogP contribution >= 0.6 is 0 Å². The third-order valence-corrected chi connectivity index (χ3v) is 2.65. The molecule has 1 aromatic rings. The molecule has 0 fully saturated rings. The molecule has 0 radical (unpaired) electrons. The Labute approximate surface area is 126 Å². The Morgan fingerprint density at radius 2 is 1.81 bits per heavy atom. The molecule has 0 amide bonds. The van der Waals surface area contributed by atoms with Crippen LogP contribution in [-0.2, 0) is 0 Å². The zero-order valence-corrected chi connectivity index (χ0v) is 13.4. The van der Waals surface area contributed by atoms with Gasteiger partial charge in [-0.05, 0) is 33.1 Å². The second-order valence-electron chi connectivity index (χ2n) is 5.17. The molecule has 1 aromatic heterocycles. The van der Waals surface area contributed by atoms with E-state index in [4.69, 9.17) is 4.74 Å². The fourth-order valence-corrected chi connectivity index (χ4v) is 1.79. The Morgan fingerprint density at radius 3 is 2.43 bits per heavy atom. The van der Waals surface area contributed by atoms with Gasteiger partial charge in [-0.15, -0.1) is 0 Å². The third kappa shape index (κ3) is 7.08. The van der Waals surface area contributed by atoms with Gasteiger partial charge >= 0.3 is 6.01 Å². The van der Waals surface area contributed by atoms with Crippen LogP contribution in [0.3, 0.4) is 0 Å². The molecule has 0 spiro atoms. The molecule has 0 aliphatic carbocycles. The lowest BCUT2D eigenvalue weighted by atomic mass is 10.2. The fraction of sp³-hybridized carbons (Fsp3) is 0.786. The number of ether oxygens (including phenoxy) is 1. The molecule has 1 rings (SSSR count). The first kappa shape index (κ1) is 17.4. The number of hydrogen-bond acceptors (Lipinski definition) is 7. The number of aromatic nitrogens is 3. The van der Waals surface area contributed by atoms with E-state index in [0.29, 0.717) is 30.9 Å². The molecule has 0 bridgehead atoms. The smallest absolute Gasteiger partial charge is 0.323 e. The first-order valence-electron chi connectivity index (χ1n) is 7.62. The average Bonchev–Trinajstić information content (AvgIpc) is 2.41. The molecule has 0 saturated heterocycles. The van der Waals surface area contributed by atoms with Gasteiger partial charge < -0.3 is 20.5 Å². The summed E-state index contributed by atoms with van der Waals surface area (Å²) in [5, 5.41) is 15.7. The molecular formula is C14H27N5O2. The van der Waals surface area contributed by atoms with Crippen LogP contribution < -0.4 is 15.4 Å². The van der Waals surface area contributed by atoms with Crippen molar-refractivity contribution in [2.75, 3.05) is 23.8 Å². The second kappa shape index (κ2) is 9.33. The van der Waals surface area contributed by atoms with Gasteiger partial charge in [-0.2, -0.15) is 15.0 Å². The van der Waals surface area contributed by atoms with Crippen molar-refractivity contribution in [3.63, 3.8) is 0 Å². The summed E-state index contributed by atoms with van der Waals surface area (Å²) in [7, 11) is 0. The fourth-order valence-electron chi connectivity index (χ4n) is 1.79. The summed E-state index contributed by atoms with van der Waals surface area (Å²) in [5.74, 6) is 0.965. The van der Waals surface area contributed by atoms with Crippen LogP contribution in [0.2, 0.25) is 0 Å². The van der Waals surface area contributed by atoms with Crippen LogP contribution in [0, 0.1) is 0 Å². The molecule has 0 aliphatic rings. The summed E-state index contributed by atoms with van der Waals surface area (Å²) in [4.78, 5) is 12.8. The first-order valence-corrected chi connectivity index (χ1v) is 7.62. The third-order valence-electron chi connectivity index (χ3n) is 2.65. The molecule has 0 aromatic carbocycles. The van der Waals surface area contributed by atoms with Gasteiger partial charge in [0.1, 0.15) is 0 Å². The molecule has 3 N–H and O–H groups in total. The highest BCUT2D eigenvalue weighted by Crippen LogP contribution is 2.13. The minimum absolute atomic E-state index is 0.0606. The number of nitrogens with one attached hydrogen (secondary N) is 2. The van der Waals surface area contributed by atoms with E-state index < -0.39 is 0 Å². The zero-order chi connectivity index (χ0) is 15.7. The van der Waals surface area contributed by atoms with Gasteiger partial charge in [0.2, 0.25) is 11.9 Å². The SMILES string of the molecule is CCCNc1nc(NC(C)CC(C)O)nc(OCCC)n1. The molecule has 0 aliphatic heterocycles. The van der Waals surface area contributed by atoms with E-state index in [-0.39, 0.29) is 12.1 Å². The van der Waals surface area contributed by atoms with E-state index >= 15 is 0 Å². The maximum atomic E-state index is 9.41. The summed E-state index contributed by atoms with van der Waals surface area (Å²) >= 11 is 0. The van der Waals surface area contributed by atoms with Gasteiger partial charge in [-0.25, -0.2) is 0 Å². The van der Waals surface area contributed by atoms with Crippen molar-refractivity contribution in [1.29, 1.82) is 0 Å². The van der Waals surface area contributed by atoms with Gasteiger partial charge in [0.25, 0.3) is 0 Å². The quantitative estimate of drug-likeness (QED) is 0.608. The van der Waals surface area contributed by atoms with Crippen molar-refractivity contribution in [3.05, 3.63) is 0 Å². The predicted octanol–water partition coefficient (Wildman–Crippen LogP) is 2.05. The van der Waals surface area contributed by atoms with Crippen LogP contribution in [0.4, 0.5) is 11.9 Å². The monoisotopic (exact) mass is 297 g/mol. The summed E-state index contributed by atoms with van der Waals surface area (Å²) < 4.78 is 5.49. The largest absolute Gasteiger partial charge is 0.463 e. The molecule has 120 valence electrons. The number of aliphatic hydroxyl groups is 1. The van der Waals surface area contributed by atoms with Crippen molar-refractivity contribution >= 4 is 11.9 Å². The topological polar surface area (TPSA) is 92.2 Å². The highest BCUT2D eigenvalue weighted by atomic mass is 16.5. The Morgan fingerprint density at radius 1 is 1.10 bits per heavy atom. The average molecular weight is 297 g/mol. The van der Waals surface area contributed by atoms with Gasteiger partial charge in [0, 0.05) is 12.6 Å². The van der Waals surface area contributed by atoms with Crippen molar-refractivity contribution in [3.8, 4) is 6.01 Å². The van der Waals surface area contributed by atoms with E-state index in [0.717, 1.165) is 19.4 Å². The number of hydrogen-bond donors (Lipinski definition) is 3. The molecule has 1 heterocycles. The Bertz CT molecular complexity index is 388. The van der Waals surface area contributed by atoms with Gasteiger partial charge in [-0.3, -0.25) is 0 Å². The van der Waals surface area contributed by atoms with Crippen LogP contribution in [-0.4, -0.2) is 45.4 Å². The molecule has 2 unspecified atom stereocenters. The zero-order valence-electron chi connectivity index (χ0n) is 13.4. The van der Waals surface area contributed by atoms with E-state index in [1.807, 2.05) is 13.8 Å². The molecule has 7 heteroatoms. The maximum Gasteiger partial charge on any atom is 0.323 e. The minimum atomic E-state index is -0.372. The normalized spacial score (nSPS) is 13.6. The van der Waals surface area contributed by atoms with Gasteiger partial charge in [-0.1, -0.05) is 13.8 Å². The maximum absolute atomic E-state index is 9.41. The van der Waals surface area contributed by atoms with Crippen LogP contribution in [0.1, 0.15) is 47.0 Å². The lowest BCUT2D eigenvalue weighted by molar-refractivity contribution is 0.179. The summed E-state index contributed by atoms with van der Waals surface area (Å²) in [6.45, 7) is 9.20. The number of nitrogens with zero attached hydrogens (tertiary/aromatic N) is 3. The Balaban J connectivity index is 2.79. The Kier molecular flexibility index (Phi) is 7.74. The van der Waals surface area contributed by atoms with E-state index in [1.165, 1.54) is 0 Å². The summed E-state index contributed by atoms with van der Waals surface area (Å²) in [6.07, 6.45) is 2.12. The van der Waals surface area contributed by atoms with Crippen LogP contribution in [0.5, 0.6) is 6.01 Å². The van der Waals surface area contributed by atoms with Crippen LogP contribution in [0.25, 0.3) is 0 Å². The van der Waals surface area contributed by atoms with Crippen molar-refractivity contribution in [2.24, 2.45) is 0 Å². The molecule has 0 saturated carbocycles. The van der Waals surface area contributed by atoms with Crippen molar-refractivity contribution in [1.82, 2.24) is 15.0 Å². The lowest BCUT2D eigenvalue weighted by Gasteiger charge is -2.16. The standard InChI is InChI=1S/C14H27N5O2/c1-5-7-15-12-17-13(16-10(3)9-11(4)20)19-14(18-12)21-8-6-2/h10-11,20H,5-9H2,1-4H3,(H2,15,16,17,18,19). The first-order chi connectivity index (χ1) is 10.0. The highest BCUT2D eigenvalue weighted by Gasteiger charge is 2.11. The number of anilines is 2. The van der Waals surface area contributed by atoms with Gasteiger partial charge in [0.15, 0.2) is 0 Å².